The summed E-state index contributed by atoms with van der Waals surface area (Å²) in [4.78, 5) is 9.74. The van der Waals surface area contributed by atoms with E-state index in [0.717, 1.165) is 25.7 Å². The zero-order valence-corrected chi connectivity index (χ0v) is 10.9. The molecule has 0 aromatic carbocycles. The largest absolute Gasteiger partial charge is 0.457 e. The number of carbonyl (C=O) groups excluding carboxylic acids is 1. The van der Waals surface area contributed by atoms with Crippen molar-refractivity contribution in [1.82, 2.24) is 0 Å². The smallest absolute Gasteiger partial charge is 0.417 e. The number of ether oxygens (including phenoxy) is 1. The summed E-state index contributed by atoms with van der Waals surface area (Å²) in [7, 11) is 0. The molecule has 101 valence electrons. The molecule has 0 N–H and O–H groups in total. The molecule has 0 aliphatic rings. The van der Waals surface area contributed by atoms with E-state index in [2.05, 4.69) is 4.74 Å². The summed E-state index contributed by atoms with van der Waals surface area (Å²) in [5.74, 6) is 0. The van der Waals surface area contributed by atoms with Gasteiger partial charge in [-0.15, -0.1) is 0 Å². The highest BCUT2D eigenvalue weighted by molar-refractivity contribution is 5.37. The first-order chi connectivity index (χ1) is 8.41. The van der Waals surface area contributed by atoms with Gasteiger partial charge in [-0.25, -0.2) is 4.79 Å². The van der Waals surface area contributed by atoms with Crippen LogP contribution < -0.4 is 0 Å². The second-order valence-electron chi connectivity index (χ2n) is 4.51. The van der Waals surface area contributed by atoms with Crippen LogP contribution >= 0.6 is 0 Å². The summed E-state index contributed by atoms with van der Waals surface area (Å²) in [5, 5.41) is 0. The maximum absolute atomic E-state index is 11.8. The van der Waals surface area contributed by atoms with Gasteiger partial charge < -0.3 is 4.74 Å². The molecule has 1 radical (unpaired) electrons. The molecule has 17 heavy (non-hydrogen) atoms. The van der Waals surface area contributed by atoms with E-state index < -0.39 is 0 Å². The van der Waals surface area contributed by atoms with Crippen molar-refractivity contribution in [3.05, 3.63) is 0 Å². The summed E-state index contributed by atoms with van der Waals surface area (Å²) in [6.45, 7) is 1.78. The molecule has 0 aliphatic carbocycles. The maximum Gasteiger partial charge on any atom is 0.417 e. The fraction of sp³-hybridized carbons (Fsp3) is 0.929. The molecule has 2 nitrogen and oxygen atoms in total. The number of hydrogen-bond acceptors (Lipinski definition) is 2. The van der Waals surface area contributed by atoms with Crippen molar-refractivity contribution in [2.75, 3.05) is 13.3 Å². The highest BCUT2D eigenvalue weighted by atomic mass is 19.1. The lowest BCUT2D eigenvalue weighted by atomic mass is 10.1. The van der Waals surface area contributed by atoms with Crippen molar-refractivity contribution in [2.24, 2.45) is 0 Å². The number of unbranched alkanes of at least 4 members (excludes halogenated alkanes) is 10. The lowest BCUT2D eigenvalue weighted by Gasteiger charge is -2.02. The zero-order chi connectivity index (χ0) is 12.6. The quantitative estimate of drug-likeness (QED) is 0.426. The third-order valence-electron chi connectivity index (χ3n) is 2.94. The van der Waals surface area contributed by atoms with Crippen LogP contribution in [0.15, 0.2) is 0 Å². The molecule has 0 atom stereocenters. The second kappa shape index (κ2) is 15.4. The minimum absolute atomic E-state index is 0.161. The highest BCUT2D eigenvalue weighted by Crippen LogP contribution is 2.11. The molecular weight excluding hydrogens is 219 g/mol. The lowest BCUT2D eigenvalue weighted by molar-refractivity contribution is 0.268. The molecule has 0 aromatic rings. The molecular formula is C14H26FO2. The van der Waals surface area contributed by atoms with Crippen LogP contribution in [-0.2, 0) is 9.53 Å². The molecule has 0 rings (SSSR count). The molecule has 0 unspecified atom stereocenters. The van der Waals surface area contributed by atoms with Crippen LogP contribution in [0.4, 0.5) is 4.39 Å². The summed E-state index contributed by atoms with van der Waals surface area (Å²) in [6.07, 6.45) is 12.7. The van der Waals surface area contributed by atoms with Crippen molar-refractivity contribution in [1.29, 1.82) is 0 Å². The van der Waals surface area contributed by atoms with E-state index in [-0.39, 0.29) is 6.67 Å². The van der Waals surface area contributed by atoms with E-state index in [1.807, 2.05) is 0 Å². The third kappa shape index (κ3) is 15.4. The molecule has 0 fully saturated rings. The topological polar surface area (TPSA) is 26.3 Å². The predicted octanol–water partition coefficient (Wildman–Crippen LogP) is 4.33. The van der Waals surface area contributed by atoms with Crippen molar-refractivity contribution < 1.29 is 13.9 Å². The van der Waals surface area contributed by atoms with Gasteiger partial charge in [0, 0.05) is 0 Å². The van der Waals surface area contributed by atoms with E-state index in [1.54, 1.807) is 0 Å². The molecule has 0 amide bonds. The van der Waals surface area contributed by atoms with Gasteiger partial charge in [0.25, 0.3) is 0 Å². The van der Waals surface area contributed by atoms with Gasteiger partial charge >= 0.3 is 6.47 Å². The first-order valence-electron chi connectivity index (χ1n) is 6.96. The summed E-state index contributed by atoms with van der Waals surface area (Å²) in [5.41, 5.74) is 0. The lowest BCUT2D eigenvalue weighted by Crippen LogP contribution is -1.91. The van der Waals surface area contributed by atoms with E-state index in [4.69, 9.17) is 0 Å². The Morgan fingerprint density at radius 1 is 0.706 bits per heavy atom. The first-order valence-corrected chi connectivity index (χ1v) is 6.96. The first kappa shape index (κ1) is 16.4. The van der Waals surface area contributed by atoms with Gasteiger partial charge in [0.1, 0.15) is 0 Å². The summed E-state index contributed by atoms with van der Waals surface area (Å²) < 4.78 is 16.3. The molecule has 0 aromatic heterocycles. The predicted molar refractivity (Wildman–Crippen MR) is 68.4 cm³/mol. The fourth-order valence-electron chi connectivity index (χ4n) is 1.90. The average Bonchev–Trinajstić information content (AvgIpc) is 2.35. The van der Waals surface area contributed by atoms with Crippen molar-refractivity contribution in [3.8, 4) is 0 Å². The molecule has 0 saturated carbocycles. The fourth-order valence-corrected chi connectivity index (χ4v) is 1.90. The number of alkyl halides is 1. The van der Waals surface area contributed by atoms with Gasteiger partial charge in [-0.2, -0.15) is 0 Å². The van der Waals surface area contributed by atoms with E-state index in [9.17, 15) is 9.18 Å². The molecule has 0 spiro atoms. The van der Waals surface area contributed by atoms with Gasteiger partial charge in [-0.3, -0.25) is 4.39 Å². The van der Waals surface area contributed by atoms with Crippen LogP contribution in [0.5, 0.6) is 0 Å². The Labute approximate surface area is 105 Å². The van der Waals surface area contributed by atoms with E-state index >= 15 is 0 Å². The normalized spacial score (nSPS) is 10.4. The van der Waals surface area contributed by atoms with Crippen LogP contribution in [0.25, 0.3) is 0 Å². The van der Waals surface area contributed by atoms with Crippen molar-refractivity contribution in [2.45, 2.75) is 70.6 Å². The van der Waals surface area contributed by atoms with E-state index in [0.29, 0.717) is 6.61 Å². The maximum atomic E-state index is 11.8. The van der Waals surface area contributed by atoms with Crippen LogP contribution in [0.3, 0.4) is 0 Å². The van der Waals surface area contributed by atoms with Crippen LogP contribution in [0.1, 0.15) is 70.6 Å². The zero-order valence-electron chi connectivity index (χ0n) is 10.9. The summed E-state index contributed by atoms with van der Waals surface area (Å²) >= 11 is 0. The van der Waals surface area contributed by atoms with Gasteiger partial charge in [0.05, 0.1) is 13.3 Å². The van der Waals surface area contributed by atoms with Gasteiger partial charge in [0.15, 0.2) is 0 Å². The summed E-state index contributed by atoms with van der Waals surface area (Å²) in [6, 6.07) is 0. The van der Waals surface area contributed by atoms with E-state index in [1.165, 1.54) is 51.4 Å². The minimum atomic E-state index is -0.161. The number of rotatable bonds is 14. The number of hydrogen-bond donors (Lipinski definition) is 0. The number of halogens is 1. The van der Waals surface area contributed by atoms with Crippen molar-refractivity contribution in [3.63, 3.8) is 0 Å². The van der Waals surface area contributed by atoms with Crippen LogP contribution in [0.2, 0.25) is 0 Å². The Balaban J connectivity index is 2.87. The Morgan fingerprint density at radius 2 is 1.12 bits per heavy atom. The standard InChI is InChI=1S/C14H26FO2/c15-12-10-8-6-4-2-1-3-5-7-9-11-13-17-14-16/h1-13H2. The Morgan fingerprint density at radius 3 is 1.53 bits per heavy atom. The Kier molecular flexibility index (Phi) is 14.9. The average molecular weight is 245 g/mol. The molecule has 0 heterocycles. The van der Waals surface area contributed by atoms with Crippen molar-refractivity contribution >= 4 is 6.47 Å². The molecule has 0 bridgehead atoms. The van der Waals surface area contributed by atoms with Crippen LogP contribution in [0, 0.1) is 0 Å². The Hall–Kier alpha value is -0.600. The molecule has 3 heteroatoms. The molecule has 0 saturated heterocycles. The Bertz CT molecular complexity index is 151. The van der Waals surface area contributed by atoms with Crippen LogP contribution in [-0.4, -0.2) is 19.8 Å². The van der Waals surface area contributed by atoms with Gasteiger partial charge in [-0.1, -0.05) is 57.8 Å². The van der Waals surface area contributed by atoms with Gasteiger partial charge in [0.2, 0.25) is 0 Å². The monoisotopic (exact) mass is 245 g/mol. The second-order valence-corrected chi connectivity index (χ2v) is 4.51. The SMILES string of the molecule is O=[C]OCCCCCCCCCCCCCF. The third-order valence-corrected chi connectivity index (χ3v) is 2.94. The highest BCUT2D eigenvalue weighted by Gasteiger charge is 1.93. The minimum Gasteiger partial charge on any atom is -0.457 e. The van der Waals surface area contributed by atoms with Gasteiger partial charge in [-0.05, 0) is 12.8 Å². The molecule has 0 aliphatic heterocycles.